The lowest BCUT2D eigenvalue weighted by atomic mass is 10.1. The number of para-hydroxylation sites is 1. The van der Waals surface area contributed by atoms with Crippen molar-refractivity contribution >= 4 is 5.82 Å². The van der Waals surface area contributed by atoms with Gasteiger partial charge < -0.3 is 14.8 Å². The van der Waals surface area contributed by atoms with Crippen LogP contribution in [0.25, 0.3) is 0 Å². The van der Waals surface area contributed by atoms with Crippen molar-refractivity contribution in [2.75, 3.05) is 18.5 Å². The maximum Gasteiger partial charge on any atom is 0.221 e. The Morgan fingerprint density at radius 2 is 2.19 bits per heavy atom. The second-order valence-corrected chi connectivity index (χ2v) is 5.02. The number of nitrogens with zero attached hydrogens (tertiary/aromatic N) is 2. The third kappa shape index (κ3) is 2.91. The monoisotopic (exact) mass is 285 g/mol. The molecule has 3 rings (SSSR count). The Morgan fingerprint density at radius 1 is 1.33 bits per heavy atom. The summed E-state index contributed by atoms with van der Waals surface area (Å²) in [7, 11) is 0. The van der Waals surface area contributed by atoms with E-state index in [0.717, 1.165) is 23.6 Å². The highest BCUT2D eigenvalue weighted by atomic mass is 16.5. The van der Waals surface area contributed by atoms with Crippen molar-refractivity contribution in [1.29, 1.82) is 0 Å². The molecule has 0 fully saturated rings. The fraction of sp³-hybridized carbons (Fsp3) is 0.375. The highest BCUT2D eigenvalue weighted by Gasteiger charge is 2.22. The van der Waals surface area contributed by atoms with Gasteiger partial charge in [0, 0.05) is 6.42 Å². The molecule has 110 valence electrons. The fourth-order valence-corrected chi connectivity index (χ4v) is 2.47. The highest BCUT2D eigenvalue weighted by molar-refractivity contribution is 5.48. The standard InChI is InChI=1S/C16H19N3O2/c1-3-20-16-11(2)15(18-10-19-16)17-9-13-8-12-6-4-5-7-14(12)21-13/h4-7,10,13H,3,8-9H2,1-2H3,(H,17,18,19). The predicted molar refractivity (Wildman–Crippen MR) is 81.0 cm³/mol. The Hall–Kier alpha value is -2.30. The van der Waals surface area contributed by atoms with Gasteiger partial charge in [0.25, 0.3) is 0 Å². The van der Waals surface area contributed by atoms with E-state index in [2.05, 4.69) is 21.4 Å². The Balaban J connectivity index is 1.63. The molecule has 2 heterocycles. The molecule has 0 bridgehead atoms. The molecule has 0 saturated carbocycles. The van der Waals surface area contributed by atoms with E-state index in [9.17, 15) is 0 Å². The summed E-state index contributed by atoms with van der Waals surface area (Å²) in [6.07, 6.45) is 2.57. The lowest BCUT2D eigenvalue weighted by molar-refractivity contribution is 0.246. The number of fused-ring (bicyclic) bond motifs is 1. The minimum Gasteiger partial charge on any atom is -0.488 e. The van der Waals surface area contributed by atoms with E-state index < -0.39 is 0 Å². The molecule has 1 aromatic carbocycles. The lowest BCUT2D eigenvalue weighted by Crippen LogP contribution is -2.24. The van der Waals surface area contributed by atoms with Crippen LogP contribution < -0.4 is 14.8 Å². The molecule has 1 atom stereocenters. The molecule has 1 aliphatic heterocycles. The second kappa shape index (κ2) is 5.99. The summed E-state index contributed by atoms with van der Waals surface area (Å²) < 4.78 is 11.4. The van der Waals surface area contributed by atoms with Gasteiger partial charge >= 0.3 is 0 Å². The zero-order valence-electron chi connectivity index (χ0n) is 12.3. The molecule has 1 unspecified atom stereocenters. The number of ether oxygens (including phenoxy) is 2. The van der Waals surface area contributed by atoms with Crippen molar-refractivity contribution < 1.29 is 9.47 Å². The molecule has 0 radical (unpaired) electrons. The molecular formula is C16H19N3O2. The van der Waals surface area contributed by atoms with Crippen molar-refractivity contribution in [1.82, 2.24) is 9.97 Å². The van der Waals surface area contributed by atoms with E-state index in [1.165, 1.54) is 11.9 Å². The summed E-state index contributed by atoms with van der Waals surface area (Å²) >= 11 is 0. The first kappa shape index (κ1) is 13.7. The van der Waals surface area contributed by atoms with Gasteiger partial charge in [0.15, 0.2) is 0 Å². The van der Waals surface area contributed by atoms with Gasteiger partial charge in [0.2, 0.25) is 5.88 Å². The van der Waals surface area contributed by atoms with Crippen molar-refractivity contribution in [3.63, 3.8) is 0 Å². The van der Waals surface area contributed by atoms with Crippen molar-refractivity contribution in [3.05, 3.63) is 41.7 Å². The van der Waals surface area contributed by atoms with Crippen LogP contribution in [0.4, 0.5) is 5.82 Å². The van der Waals surface area contributed by atoms with Gasteiger partial charge in [-0.1, -0.05) is 18.2 Å². The predicted octanol–water partition coefficient (Wildman–Crippen LogP) is 2.60. The van der Waals surface area contributed by atoms with Gasteiger partial charge in [-0.15, -0.1) is 0 Å². The number of benzene rings is 1. The normalized spacial score (nSPS) is 16.2. The van der Waals surface area contributed by atoms with Crippen LogP contribution in [0.5, 0.6) is 11.6 Å². The summed E-state index contributed by atoms with van der Waals surface area (Å²) in [5.41, 5.74) is 2.19. The number of nitrogens with one attached hydrogen (secondary N) is 1. The molecule has 1 aliphatic rings. The average Bonchev–Trinajstić information content (AvgIpc) is 2.91. The van der Waals surface area contributed by atoms with Gasteiger partial charge in [-0.05, 0) is 25.5 Å². The van der Waals surface area contributed by atoms with E-state index in [4.69, 9.17) is 9.47 Å². The Bertz CT molecular complexity index is 606. The van der Waals surface area contributed by atoms with Gasteiger partial charge in [-0.3, -0.25) is 0 Å². The second-order valence-electron chi connectivity index (χ2n) is 5.02. The summed E-state index contributed by atoms with van der Waals surface area (Å²) in [4.78, 5) is 8.41. The maximum atomic E-state index is 5.91. The number of aromatic nitrogens is 2. The van der Waals surface area contributed by atoms with Gasteiger partial charge in [-0.25, -0.2) is 9.97 Å². The van der Waals surface area contributed by atoms with Gasteiger partial charge in [0.05, 0.1) is 18.7 Å². The number of hydrogen-bond acceptors (Lipinski definition) is 5. The molecule has 0 aliphatic carbocycles. The molecule has 0 spiro atoms. The largest absolute Gasteiger partial charge is 0.488 e. The summed E-state index contributed by atoms with van der Waals surface area (Å²) in [6.45, 7) is 5.20. The van der Waals surface area contributed by atoms with E-state index in [-0.39, 0.29) is 6.10 Å². The first-order valence-corrected chi connectivity index (χ1v) is 7.20. The van der Waals surface area contributed by atoms with E-state index in [1.54, 1.807) is 0 Å². The smallest absolute Gasteiger partial charge is 0.221 e. The van der Waals surface area contributed by atoms with E-state index in [0.29, 0.717) is 19.0 Å². The molecule has 2 aromatic rings. The number of rotatable bonds is 5. The molecule has 1 aromatic heterocycles. The van der Waals surface area contributed by atoms with Gasteiger partial charge in [-0.2, -0.15) is 0 Å². The van der Waals surface area contributed by atoms with E-state index >= 15 is 0 Å². The van der Waals surface area contributed by atoms with Crippen LogP contribution in [0.15, 0.2) is 30.6 Å². The van der Waals surface area contributed by atoms with Gasteiger partial charge in [0.1, 0.15) is 24.0 Å². The SMILES string of the molecule is CCOc1ncnc(NCC2Cc3ccccc3O2)c1C. The molecule has 5 heteroatoms. The fourth-order valence-electron chi connectivity index (χ4n) is 2.47. The lowest BCUT2D eigenvalue weighted by Gasteiger charge is -2.14. The van der Waals surface area contributed by atoms with Crippen LogP contribution in [0.2, 0.25) is 0 Å². The van der Waals surface area contributed by atoms with Crippen LogP contribution >= 0.6 is 0 Å². The first-order chi connectivity index (χ1) is 10.3. The summed E-state index contributed by atoms with van der Waals surface area (Å²) in [5, 5.41) is 3.33. The summed E-state index contributed by atoms with van der Waals surface area (Å²) in [6, 6.07) is 8.16. The molecule has 0 amide bonds. The molecule has 0 saturated heterocycles. The average molecular weight is 285 g/mol. The number of anilines is 1. The zero-order valence-corrected chi connectivity index (χ0v) is 12.3. The minimum atomic E-state index is 0.132. The Labute approximate surface area is 124 Å². The zero-order chi connectivity index (χ0) is 14.7. The topological polar surface area (TPSA) is 56.3 Å². The quantitative estimate of drug-likeness (QED) is 0.915. The maximum absolute atomic E-state index is 5.91. The number of hydrogen-bond donors (Lipinski definition) is 1. The van der Waals surface area contributed by atoms with Crippen molar-refractivity contribution in [2.45, 2.75) is 26.4 Å². The Kier molecular flexibility index (Phi) is 3.90. The molecule has 1 N–H and O–H groups in total. The Morgan fingerprint density at radius 3 is 3.00 bits per heavy atom. The molecule has 5 nitrogen and oxygen atoms in total. The summed E-state index contributed by atoms with van der Waals surface area (Å²) in [5.74, 6) is 2.41. The van der Waals surface area contributed by atoms with E-state index in [1.807, 2.05) is 32.0 Å². The minimum absolute atomic E-state index is 0.132. The van der Waals surface area contributed by atoms with Crippen LogP contribution in [-0.2, 0) is 6.42 Å². The van der Waals surface area contributed by atoms with Crippen LogP contribution in [0.1, 0.15) is 18.1 Å². The highest BCUT2D eigenvalue weighted by Crippen LogP contribution is 2.28. The third-order valence-electron chi connectivity index (χ3n) is 3.53. The van der Waals surface area contributed by atoms with Crippen LogP contribution in [-0.4, -0.2) is 29.2 Å². The van der Waals surface area contributed by atoms with Crippen molar-refractivity contribution in [3.8, 4) is 11.6 Å². The van der Waals surface area contributed by atoms with Crippen LogP contribution in [0.3, 0.4) is 0 Å². The molecular weight excluding hydrogens is 266 g/mol. The first-order valence-electron chi connectivity index (χ1n) is 7.20. The molecule has 21 heavy (non-hydrogen) atoms. The van der Waals surface area contributed by atoms with Crippen LogP contribution in [0, 0.1) is 6.92 Å². The third-order valence-corrected chi connectivity index (χ3v) is 3.53. The van der Waals surface area contributed by atoms with Crippen molar-refractivity contribution in [2.24, 2.45) is 0 Å².